The number of amides is 3. The third-order valence-electron chi connectivity index (χ3n) is 5.61. The van der Waals surface area contributed by atoms with E-state index in [1.54, 1.807) is 11.8 Å². The van der Waals surface area contributed by atoms with Gasteiger partial charge in [-0.1, -0.05) is 24.3 Å². The zero-order valence-corrected chi connectivity index (χ0v) is 17.3. The first-order valence-corrected chi connectivity index (χ1v) is 11.3. The number of fused-ring (bicyclic) bond motifs is 1. The number of aryl methyl sites for hydroxylation is 2. The molecule has 2 aliphatic rings. The van der Waals surface area contributed by atoms with Gasteiger partial charge < -0.3 is 15.5 Å². The molecule has 3 amide bonds. The summed E-state index contributed by atoms with van der Waals surface area (Å²) < 4.78 is 0. The fourth-order valence-corrected chi connectivity index (χ4v) is 4.78. The van der Waals surface area contributed by atoms with Crippen LogP contribution in [0, 0.1) is 0 Å². The number of carbonyl (C=O) groups is 2. The quantitative estimate of drug-likeness (QED) is 0.732. The van der Waals surface area contributed by atoms with Crippen LogP contribution in [0.5, 0.6) is 0 Å². The van der Waals surface area contributed by atoms with Gasteiger partial charge in [-0.2, -0.15) is 0 Å². The first kappa shape index (κ1) is 19.8. The van der Waals surface area contributed by atoms with Crippen LogP contribution in [0.15, 0.2) is 53.4 Å². The van der Waals surface area contributed by atoms with Gasteiger partial charge in [0.25, 0.3) is 0 Å². The number of nitrogens with one attached hydrogen (secondary N) is 2. The molecule has 5 nitrogen and oxygen atoms in total. The van der Waals surface area contributed by atoms with Gasteiger partial charge in [0.15, 0.2) is 0 Å². The standard InChI is InChI=1S/C23H27N3O2S/c27-22(16-29-21-10-9-17-5-4-6-18(17)15-21)24-20-11-13-26(14-12-20)23(28)25-19-7-2-1-3-8-19/h1-3,7-10,15,20H,4-6,11-14,16H2,(H,24,27)(H,25,28). The summed E-state index contributed by atoms with van der Waals surface area (Å²) in [7, 11) is 0. The number of urea groups is 1. The molecule has 1 fully saturated rings. The average Bonchev–Trinajstić information content (AvgIpc) is 3.21. The molecule has 0 unspecified atom stereocenters. The monoisotopic (exact) mass is 409 g/mol. The predicted octanol–water partition coefficient (Wildman–Crippen LogP) is 4.08. The number of nitrogens with zero attached hydrogens (tertiary/aromatic N) is 1. The molecule has 2 aromatic rings. The van der Waals surface area contributed by atoms with E-state index >= 15 is 0 Å². The van der Waals surface area contributed by atoms with E-state index in [2.05, 4.69) is 28.8 Å². The Labute approximate surface area is 176 Å². The number of carbonyl (C=O) groups excluding carboxylic acids is 2. The number of thioether (sulfide) groups is 1. The van der Waals surface area contributed by atoms with Crippen molar-refractivity contribution in [2.45, 2.75) is 43.0 Å². The summed E-state index contributed by atoms with van der Waals surface area (Å²) in [5, 5.41) is 6.05. The van der Waals surface area contributed by atoms with Crippen molar-refractivity contribution in [3.8, 4) is 0 Å². The van der Waals surface area contributed by atoms with Crippen LogP contribution in [0.3, 0.4) is 0 Å². The van der Waals surface area contributed by atoms with Crippen molar-refractivity contribution in [2.75, 3.05) is 24.2 Å². The Balaban J connectivity index is 1.18. The normalized spacial score (nSPS) is 16.3. The fraction of sp³-hybridized carbons (Fsp3) is 0.391. The van der Waals surface area contributed by atoms with Crippen molar-refractivity contribution in [3.63, 3.8) is 0 Å². The summed E-state index contributed by atoms with van der Waals surface area (Å²) in [6, 6.07) is 16.1. The summed E-state index contributed by atoms with van der Waals surface area (Å²) in [6.45, 7) is 1.31. The van der Waals surface area contributed by atoms with Gasteiger partial charge in [0.1, 0.15) is 0 Å². The Kier molecular flexibility index (Phi) is 6.39. The van der Waals surface area contributed by atoms with Gasteiger partial charge in [0.05, 0.1) is 5.75 Å². The van der Waals surface area contributed by atoms with Gasteiger partial charge in [0, 0.05) is 29.7 Å². The highest BCUT2D eigenvalue weighted by Crippen LogP contribution is 2.27. The summed E-state index contributed by atoms with van der Waals surface area (Å²) in [5.74, 6) is 0.510. The lowest BCUT2D eigenvalue weighted by Gasteiger charge is -2.32. The maximum atomic E-state index is 12.4. The number of likely N-dealkylation sites (tertiary alicyclic amines) is 1. The lowest BCUT2D eigenvalue weighted by molar-refractivity contribution is -0.119. The van der Waals surface area contributed by atoms with E-state index in [4.69, 9.17) is 0 Å². The zero-order valence-electron chi connectivity index (χ0n) is 16.5. The molecule has 0 aromatic heterocycles. The Morgan fingerprint density at radius 1 is 1.00 bits per heavy atom. The highest BCUT2D eigenvalue weighted by molar-refractivity contribution is 8.00. The third kappa shape index (κ3) is 5.32. The number of hydrogen-bond donors (Lipinski definition) is 2. The number of piperidine rings is 1. The first-order chi connectivity index (χ1) is 14.2. The molecule has 2 aromatic carbocycles. The van der Waals surface area contributed by atoms with Gasteiger partial charge in [-0.25, -0.2) is 4.79 Å². The maximum absolute atomic E-state index is 12.4. The van der Waals surface area contributed by atoms with E-state index in [1.807, 2.05) is 35.2 Å². The third-order valence-corrected chi connectivity index (χ3v) is 6.61. The fourth-order valence-electron chi connectivity index (χ4n) is 4.01. The lowest BCUT2D eigenvalue weighted by Crippen LogP contribution is -2.48. The van der Waals surface area contributed by atoms with Crippen molar-refractivity contribution >= 4 is 29.4 Å². The Hall–Kier alpha value is -2.47. The Morgan fingerprint density at radius 3 is 2.55 bits per heavy atom. The number of hydrogen-bond acceptors (Lipinski definition) is 3. The van der Waals surface area contributed by atoms with Gasteiger partial charge in [-0.05, 0) is 67.5 Å². The molecule has 1 heterocycles. The van der Waals surface area contributed by atoms with Gasteiger partial charge in [0.2, 0.25) is 5.91 Å². The van der Waals surface area contributed by atoms with Gasteiger partial charge in [-0.3, -0.25) is 4.79 Å². The van der Waals surface area contributed by atoms with Gasteiger partial charge in [-0.15, -0.1) is 11.8 Å². The van der Waals surface area contributed by atoms with Crippen LogP contribution < -0.4 is 10.6 Å². The molecule has 29 heavy (non-hydrogen) atoms. The molecule has 0 bridgehead atoms. The predicted molar refractivity (Wildman–Crippen MR) is 117 cm³/mol. The van der Waals surface area contributed by atoms with Crippen LogP contribution in [-0.4, -0.2) is 41.7 Å². The molecular formula is C23H27N3O2S. The zero-order chi connectivity index (χ0) is 20.1. The average molecular weight is 410 g/mol. The van der Waals surface area contributed by atoms with E-state index in [0.29, 0.717) is 18.8 Å². The summed E-state index contributed by atoms with van der Waals surface area (Å²) in [6.07, 6.45) is 5.16. The van der Waals surface area contributed by atoms with E-state index in [-0.39, 0.29) is 18.0 Å². The van der Waals surface area contributed by atoms with E-state index in [0.717, 1.165) is 24.9 Å². The molecule has 0 saturated carbocycles. The highest BCUT2D eigenvalue weighted by Gasteiger charge is 2.24. The van der Waals surface area contributed by atoms with Crippen molar-refractivity contribution in [1.82, 2.24) is 10.2 Å². The second kappa shape index (κ2) is 9.35. The molecule has 0 spiro atoms. The molecule has 1 aliphatic carbocycles. The van der Waals surface area contributed by atoms with Crippen LogP contribution in [0.1, 0.15) is 30.4 Å². The Morgan fingerprint density at radius 2 is 1.76 bits per heavy atom. The lowest BCUT2D eigenvalue weighted by atomic mass is 10.1. The van der Waals surface area contributed by atoms with Crippen molar-refractivity contribution in [1.29, 1.82) is 0 Å². The molecular weight excluding hydrogens is 382 g/mol. The Bertz CT molecular complexity index is 864. The SMILES string of the molecule is O=C(CSc1ccc2c(c1)CCC2)NC1CCN(C(=O)Nc2ccccc2)CC1. The first-order valence-electron chi connectivity index (χ1n) is 10.3. The second-order valence-corrected chi connectivity index (χ2v) is 8.75. The summed E-state index contributed by atoms with van der Waals surface area (Å²) >= 11 is 1.60. The molecule has 1 aliphatic heterocycles. The van der Waals surface area contributed by atoms with Crippen molar-refractivity contribution in [2.24, 2.45) is 0 Å². The topological polar surface area (TPSA) is 61.4 Å². The van der Waals surface area contributed by atoms with Crippen molar-refractivity contribution in [3.05, 3.63) is 59.7 Å². The van der Waals surface area contributed by atoms with Crippen LogP contribution >= 0.6 is 11.8 Å². The second-order valence-electron chi connectivity index (χ2n) is 7.70. The van der Waals surface area contributed by atoms with E-state index < -0.39 is 0 Å². The number of rotatable bonds is 5. The van der Waals surface area contributed by atoms with Crippen LogP contribution in [0.2, 0.25) is 0 Å². The number of benzene rings is 2. The van der Waals surface area contributed by atoms with Crippen LogP contribution in [0.4, 0.5) is 10.5 Å². The highest BCUT2D eigenvalue weighted by atomic mass is 32.2. The molecule has 0 atom stereocenters. The summed E-state index contributed by atoms with van der Waals surface area (Å²) in [4.78, 5) is 27.7. The minimum Gasteiger partial charge on any atom is -0.353 e. The van der Waals surface area contributed by atoms with Gasteiger partial charge >= 0.3 is 6.03 Å². The molecule has 2 N–H and O–H groups in total. The number of para-hydroxylation sites is 1. The molecule has 4 rings (SSSR count). The molecule has 0 radical (unpaired) electrons. The van der Waals surface area contributed by atoms with E-state index in [1.165, 1.54) is 28.9 Å². The largest absolute Gasteiger partial charge is 0.353 e. The molecule has 6 heteroatoms. The molecule has 152 valence electrons. The maximum Gasteiger partial charge on any atom is 0.321 e. The van der Waals surface area contributed by atoms with Crippen LogP contribution in [-0.2, 0) is 17.6 Å². The number of anilines is 1. The minimum atomic E-state index is -0.0758. The summed E-state index contributed by atoms with van der Waals surface area (Å²) in [5.41, 5.74) is 3.70. The van der Waals surface area contributed by atoms with E-state index in [9.17, 15) is 9.59 Å². The minimum absolute atomic E-state index is 0.0719. The smallest absolute Gasteiger partial charge is 0.321 e. The molecule has 1 saturated heterocycles. The van der Waals surface area contributed by atoms with Crippen molar-refractivity contribution < 1.29 is 9.59 Å². The van der Waals surface area contributed by atoms with Crippen LogP contribution in [0.25, 0.3) is 0 Å².